The lowest BCUT2D eigenvalue weighted by Crippen LogP contribution is -2.31. The minimum atomic E-state index is -0.759. The maximum absolute atomic E-state index is 11.9. The SMILES string of the molecule is C[C@@H](CSc1ccccc1)C(=O)NCCCCCC(=O)O. The van der Waals surface area contributed by atoms with Crippen molar-refractivity contribution < 1.29 is 14.7 Å². The number of unbranched alkanes of at least 4 members (excludes halogenated alkanes) is 2. The largest absolute Gasteiger partial charge is 0.481 e. The first kappa shape index (κ1) is 17.6. The Labute approximate surface area is 130 Å². The summed E-state index contributed by atoms with van der Waals surface area (Å²) in [6.07, 6.45) is 2.54. The van der Waals surface area contributed by atoms with Gasteiger partial charge in [-0.3, -0.25) is 9.59 Å². The number of rotatable bonds is 10. The van der Waals surface area contributed by atoms with E-state index >= 15 is 0 Å². The molecule has 0 unspecified atom stereocenters. The number of carboxylic acids is 1. The average Bonchev–Trinajstić information content (AvgIpc) is 2.48. The van der Waals surface area contributed by atoms with Crippen LogP contribution in [0.3, 0.4) is 0 Å². The summed E-state index contributed by atoms with van der Waals surface area (Å²) in [7, 11) is 0. The molecule has 0 heterocycles. The zero-order valence-electron chi connectivity index (χ0n) is 12.4. The molecule has 1 aromatic rings. The summed E-state index contributed by atoms with van der Waals surface area (Å²) >= 11 is 1.68. The first-order valence-corrected chi connectivity index (χ1v) is 8.25. The van der Waals surface area contributed by atoms with Crippen molar-refractivity contribution in [2.75, 3.05) is 12.3 Å². The summed E-state index contributed by atoms with van der Waals surface area (Å²) < 4.78 is 0. The van der Waals surface area contributed by atoms with E-state index in [1.54, 1.807) is 11.8 Å². The highest BCUT2D eigenvalue weighted by atomic mass is 32.2. The normalized spacial score (nSPS) is 11.9. The summed E-state index contributed by atoms with van der Waals surface area (Å²) in [4.78, 5) is 23.4. The molecule has 1 rings (SSSR count). The fourth-order valence-corrected chi connectivity index (χ4v) is 2.72. The standard InChI is InChI=1S/C16H23NO3S/c1-13(12-21-14-8-4-2-5-9-14)16(20)17-11-7-3-6-10-15(18)19/h2,4-5,8-9,13H,3,6-7,10-12H2,1H3,(H,17,20)(H,18,19)/t13-/m0/s1. The summed E-state index contributed by atoms with van der Waals surface area (Å²) in [5.74, 6) is 0.0333. The molecule has 1 amide bonds. The molecule has 0 saturated heterocycles. The van der Waals surface area contributed by atoms with Gasteiger partial charge in [0.15, 0.2) is 0 Å². The molecule has 0 bridgehead atoms. The van der Waals surface area contributed by atoms with Gasteiger partial charge in [-0.05, 0) is 25.0 Å². The molecule has 0 saturated carbocycles. The van der Waals surface area contributed by atoms with Gasteiger partial charge in [-0.25, -0.2) is 0 Å². The van der Waals surface area contributed by atoms with Gasteiger partial charge in [-0.1, -0.05) is 31.5 Å². The second kappa shape index (κ2) is 10.3. The van der Waals surface area contributed by atoms with Crippen LogP contribution >= 0.6 is 11.8 Å². The monoisotopic (exact) mass is 309 g/mol. The highest BCUT2D eigenvalue weighted by Gasteiger charge is 2.12. The van der Waals surface area contributed by atoms with Gasteiger partial charge < -0.3 is 10.4 Å². The summed E-state index contributed by atoms with van der Waals surface area (Å²) in [6, 6.07) is 10.0. The molecule has 0 aliphatic heterocycles. The Morgan fingerprint density at radius 1 is 1.19 bits per heavy atom. The van der Waals surface area contributed by atoms with E-state index < -0.39 is 5.97 Å². The lowest BCUT2D eigenvalue weighted by Gasteiger charge is -2.11. The Balaban J connectivity index is 2.09. The Bertz CT molecular complexity index is 436. The number of nitrogens with one attached hydrogen (secondary N) is 1. The van der Waals surface area contributed by atoms with E-state index in [-0.39, 0.29) is 18.2 Å². The van der Waals surface area contributed by atoms with Crippen LogP contribution in [0.15, 0.2) is 35.2 Å². The van der Waals surface area contributed by atoms with E-state index in [2.05, 4.69) is 5.32 Å². The van der Waals surface area contributed by atoms with Crippen LogP contribution in [0.4, 0.5) is 0 Å². The smallest absolute Gasteiger partial charge is 0.303 e. The van der Waals surface area contributed by atoms with Gasteiger partial charge in [0.2, 0.25) is 5.91 Å². The second-order valence-corrected chi connectivity index (χ2v) is 6.11. The fourth-order valence-electron chi connectivity index (χ4n) is 1.78. The number of benzene rings is 1. The highest BCUT2D eigenvalue weighted by molar-refractivity contribution is 7.99. The number of carbonyl (C=O) groups excluding carboxylic acids is 1. The van der Waals surface area contributed by atoms with Crippen molar-refractivity contribution in [1.29, 1.82) is 0 Å². The van der Waals surface area contributed by atoms with Crippen molar-refractivity contribution in [2.45, 2.75) is 37.5 Å². The Hall–Kier alpha value is -1.49. The van der Waals surface area contributed by atoms with Gasteiger partial charge in [0.25, 0.3) is 0 Å². The Morgan fingerprint density at radius 2 is 1.90 bits per heavy atom. The molecule has 21 heavy (non-hydrogen) atoms. The number of thioether (sulfide) groups is 1. The number of carboxylic acid groups (broad SMARTS) is 1. The summed E-state index contributed by atoms with van der Waals surface area (Å²) in [5, 5.41) is 11.4. The number of hydrogen-bond donors (Lipinski definition) is 2. The van der Waals surface area contributed by atoms with Crippen molar-refractivity contribution in [1.82, 2.24) is 5.32 Å². The van der Waals surface area contributed by atoms with Crippen LogP contribution in [0.1, 0.15) is 32.6 Å². The molecule has 1 aromatic carbocycles. The van der Waals surface area contributed by atoms with Crippen molar-refractivity contribution >= 4 is 23.6 Å². The van der Waals surface area contributed by atoms with Crippen LogP contribution in [-0.2, 0) is 9.59 Å². The maximum atomic E-state index is 11.9. The summed E-state index contributed by atoms with van der Waals surface area (Å²) in [6.45, 7) is 2.55. The molecule has 0 aliphatic rings. The van der Waals surface area contributed by atoms with Crippen LogP contribution in [-0.4, -0.2) is 29.3 Å². The maximum Gasteiger partial charge on any atom is 0.303 e. The fraction of sp³-hybridized carbons (Fsp3) is 0.500. The van der Waals surface area contributed by atoms with Gasteiger partial charge >= 0.3 is 5.97 Å². The van der Waals surface area contributed by atoms with Crippen molar-refractivity contribution in [2.24, 2.45) is 5.92 Å². The third-order valence-electron chi connectivity index (χ3n) is 3.06. The average molecular weight is 309 g/mol. The predicted octanol–water partition coefficient (Wildman–Crippen LogP) is 3.18. The third kappa shape index (κ3) is 8.40. The zero-order valence-corrected chi connectivity index (χ0v) is 13.2. The molecular weight excluding hydrogens is 286 g/mol. The van der Waals surface area contributed by atoms with Gasteiger partial charge in [-0.2, -0.15) is 0 Å². The second-order valence-electron chi connectivity index (χ2n) is 5.02. The zero-order chi connectivity index (χ0) is 15.5. The highest BCUT2D eigenvalue weighted by Crippen LogP contribution is 2.20. The number of aliphatic carboxylic acids is 1. The number of amides is 1. The van der Waals surface area contributed by atoms with E-state index in [1.165, 1.54) is 4.90 Å². The van der Waals surface area contributed by atoms with E-state index in [9.17, 15) is 9.59 Å². The van der Waals surface area contributed by atoms with Crippen LogP contribution in [0.2, 0.25) is 0 Å². The molecule has 0 fully saturated rings. The topological polar surface area (TPSA) is 66.4 Å². The van der Waals surface area contributed by atoms with Gasteiger partial charge in [0, 0.05) is 29.5 Å². The van der Waals surface area contributed by atoms with Crippen LogP contribution < -0.4 is 5.32 Å². The molecule has 1 atom stereocenters. The van der Waals surface area contributed by atoms with E-state index in [0.717, 1.165) is 18.6 Å². The third-order valence-corrected chi connectivity index (χ3v) is 4.33. The van der Waals surface area contributed by atoms with E-state index in [1.807, 2.05) is 37.3 Å². The number of carbonyl (C=O) groups is 2. The lowest BCUT2D eigenvalue weighted by molar-refractivity contribution is -0.137. The minimum absolute atomic E-state index is 0.0331. The van der Waals surface area contributed by atoms with Crippen LogP contribution in [0.25, 0.3) is 0 Å². The Kier molecular flexibility index (Phi) is 8.59. The Morgan fingerprint density at radius 3 is 2.57 bits per heavy atom. The predicted molar refractivity (Wildman–Crippen MR) is 85.4 cm³/mol. The molecule has 4 nitrogen and oxygen atoms in total. The van der Waals surface area contributed by atoms with Crippen molar-refractivity contribution in [3.05, 3.63) is 30.3 Å². The lowest BCUT2D eigenvalue weighted by atomic mass is 10.2. The molecule has 5 heteroatoms. The van der Waals surface area contributed by atoms with Crippen LogP contribution in [0, 0.1) is 5.92 Å². The molecular formula is C16H23NO3S. The van der Waals surface area contributed by atoms with Gasteiger partial charge in [0.1, 0.15) is 0 Å². The van der Waals surface area contributed by atoms with Gasteiger partial charge in [0.05, 0.1) is 0 Å². The first-order chi connectivity index (χ1) is 10.1. The van der Waals surface area contributed by atoms with E-state index in [0.29, 0.717) is 13.0 Å². The molecule has 2 N–H and O–H groups in total. The number of hydrogen-bond acceptors (Lipinski definition) is 3. The van der Waals surface area contributed by atoms with E-state index in [4.69, 9.17) is 5.11 Å². The molecule has 0 aromatic heterocycles. The minimum Gasteiger partial charge on any atom is -0.481 e. The van der Waals surface area contributed by atoms with Crippen LogP contribution in [0.5, 0.6) is 0 Å². The molecule has 0 radical (unpaired) electrons. The van der Waals surface area contributed by atoms with Crippen molar-refractivity contribution in [3.8, 4) is 0 Å². The molecule has 0 spiro atoms. The van der Waals surface area contributed by atoms with Crippen molar-refractivity contribution in [3.63, 3.8) is 0 Å². The summed E-state index contributed by atoms with van der Waals surface area (Å²) in [5.41, 5.74) is 0. The first-order valence-electron chi connectivity index (χ1n) is 7.27. The van der Waals surface area contributed by atoms with Gasteiger partial charge in [-0.15, -0.1) is 11.8 Å². The quantitative estimate of drug-likeness (QED) is 0.514. The molecule has 116 valence electrons. The molecule has 0 aliphatic carbocycles.